The van der Waals surface area contributed by atoms with Gasteiger partial charge in [0.25, 0.3) is 5.91 Å². The van der Waals surface area contributed by atoms with E-state index in [1.807, 2.05) is 26.0 Å². The van der Waals surface area contributed by atoms with Crippen LogP contribution in [0.3, 0.4) is 0 Å². The summed E-state index contributed by atoms with van der Waals surface area (Å²) >= 11 is 8.17. The molecule has 0 aliphatic heterocycles. The van der Waals surface area contributed by atoms with Crippen LogP contribution >= 0.6 is 28.1 Å². The lowest BCUT2D eigenvalue weighted by Crippen LogP contribution is -2.35. The number of nitrogens with one attached hydrogen (secondary N) is 1. The van der Waals surface area contributed by atoms with Gasteiger partial charge in [-0.05, 0) is 37.6 Å². The molecule has 0 heterocycles. The molecule has 0 saturated heterocycles. The number of carbonyl (C=O) groups excluding carboxylic acids is 1. The van der Waals surface area contributed by atoms with Gasteiger partial charge in [0, 0.05) is 22.5 Å². The summed E-state index contributed by atoms with van der Waals surface area (Å²) in [7, 11) is 0. The molecule has 0 bridgehead atoms. The Hall–Kier alpha value is -0.940. The normalized spacial score (nSPS) is 11.9. The Kier molecular flexibility index (Phi) is 5.08. The zero-order valence-corrected chi connectivity index (χ0v) is 12.2. The summed E-state index contributed by atoms with van der Waals surface area (Å²) in [5.74, 6) is -0.0984. The Labute approximate surface area is 115 Å². The van der Waals surface area contributed by atoms with Gasteiger partial charge < -0.3 is 11.1 Å². The Morgan fingerprint density at radius 2 is 2.24 bits per heavy atom. The van der Waals surface area contributed by atoms with Crippen molar-refractivity contribution in [1.29, 1.82) is 0 Å². The maximum atomic E-state index is 12.0. The van der Waals surface area contributed by atoms with Gasteiger partial charge in [-0.15, -0.1) is 0 Å². The van der Waals surface area contributed by atoms with Crippen LogP contribution in [-0.4, -0.2) is 16.9 Å². The van der Waals surface area contributed by atoms with Crippen LogP contribution in [0.15, 0.2) is 22.7 Å². The highest BCUT2D eigenvalue weighted by atomic mass is 79.9. The van der Waals surface area contributed by atoms with Crippen LogP contribution in [0.25, 0.3) is 0 Å². The largest absolute Gasteiger partial charge is 0.393 e. The van der Waals surface area contributed by atoms with Crippen LogP contribution in [0.4, 0.5) is 0 Å². The third kappa shape index (κ3) is 4.44. The van der Waals surface area contributed by atoms with Gasteiger partial charge in [-0.3, -0.25) is 4.79 Å². The zero-order valence-electron chi connectivity index (χ0n) is 9.79. The van der Waals surface area contributed by atoms with E-state index in [1.54, 1.807) is 6.07 Å². The number of rotatable bonds is 4. The van der Waals surface area contributed by atoms with Crippen LogP contribution < -0.4 is 11.1 Å². The highest BCUT2D eigenvalue weighted by Gasteiger charge is 2.12. The molecule has 17 heavy (non-hydrogen) atoms. The number of nitrogens with two attached hydrogens (primary N) is 1. The molecule has 0 saturated carbocycles. The van der Waals surface area contributed by atoms with Crippen molar-refractivity contribution < 1.29 is 4.79 Å². The molecule has 0 aliphatic rings. The number of amides is 1. The second kappa shape index (κ2) is 6.12. The molecule has 1 aromatic rings. The Morgan fingerprint density at radius 3 is 2.76 bits per heavy atom. The van der Waals surface area contributed by atoms with Gasteiger partial charge in [0.05, 0.1) is 4.99 Å². The van der Waals surface area contributed by atoms with Crippen molar-refractivity contribution in [2.45, 2.75) is 26.3 Å². The van der Waals surface area contributed by atoms with E-state index in [0.717, 1.165) is 10.0 Å². The molecule has 0 radical (unpaired) electrons. The van der Waals surface area contributed by atoms with E-state index in [1.165, 1.54) is 0 Å². The quantitative estimate of drug-likeness (QED) is 0.840. The molecular formula is C12H15BrN2OS. The minimum Gasteiger partial charge on any atom is -0.393 e. The molecule has 0 spiro atoms. The third-order valence-corrected chi connectivity index (χ3v) is 2.98. The first kappa shape index (κ1) is 14.1. The average molecular weight is 315 g/mol. The monoisotopic (exact) mass is 314 g/mol. The number of aryl methyl sites for hydroxylation is 1. The minimum atomic E-state index is -0.0984. The third-order valence-electron chi connectivity index (χ3n) is 2.32. The molecule has 1 rings (SSSR count). The van der Waals surface area contributed by atoms with Crippen molar-refractivity contribution in [3.8, 4) is 0 Å². The summed E-state index contributed by atoms with van der Waals surface area (Å²) in [5.41, 5.74) is 7.03. The molecule has 92 valence electrons. The average Bonchev–Trinajstić information content (AvgIpc) is 2.15. The van der Waals surface area contributed by atoms with E-state index < -0.39 is 0 Å². The summed E-state index contributed by atoms with van der Waals surface area (Å²) in [6, 6.07) is 5.50. The van der Waals surface area contributed by atoms with Crippen molar-refractivity contribution >= 4 is 39.0 Å². The molecular weight excluding hydrogens is 300 g/mol. The van der Waals surface area contributed by atoms with Crippen LogP contribution in [0.5, 0.6) is 0 Å². The SMILES string of the molecule is Cc1cc(Br)ccc1C(=O)NC(C)CC(N)=S. The molecule has 3 N–H and O–H groups in total. The standard InChI is InChI=1S/C12H15BrN2OS/c1-7-5-9(13)3-4-10(7)12(16)15-8(2)6-11(14)17/h3-5,8H,6H2,1-2H3,(H2,14,17)(H,15,16). The Bertz CT molecular complexity index is 448. The first-order valence-electron chi connectivity index (χ1n) is 5.25. The second-order valence-electron chi connectivity index (χ2n) is 4.00. The minimum absolute atomic E-state index is 0.0527. The summed E-state index contributed by atoms with van der Waals surface area (Å²) < 4.78 is 0.961. The summed E-state index contributed by atoms with van der Waals surface area (Å²) in [4.78, 5) is 12.4. The molecule has 0 fully saturated rings. The lowest BCUT2D eigenvalue weighted by Gasteiger charge is -2.14. The van der Waals surface area contributed by atoms with E-state index in [2.05, 4.69) is 21.2 Å². The maximum absolute atomic E-state index is 12.0. The van der Waals surface area contributed by atoms with E-state index in [9.17, 15) is 4.79 Å². The molecule has 0 aliphatic carbocycles. The first-order chi connectivity index (χ1) is 7.90. The molecule has 1 unspecified atom stereocenters. The summed E-state index contributed by atoms with van der Waals surface area (Å²) in [6.07, 6.45) is 0.511. The van der Waals surface area contributed by atoms with E-state index in [4.69, 9.17) is 18.0 Å². The maximum Gasteiger partial charge on any atom is 0.251 e. The predicted molar refractivity (Wildman–Crippen MR) is 77.2 cm³/mol. The van der Waals surface area contributed by atoms with Gasteiger partial charge in [0.2, 0.25) is 0 Å². The topological polar surface area (TPSA) is 55.1 Å². The lowest BCUT2D eigenvalue weighted by atomic mass is 10.1. The Morgan fingerprint density at radius 1 is 1.59 bits per heavy atom. The van der Waals surface area contributed by atoms with Crippen molar-refractivity contribution in [3.05, 3.63) is 33.8 Å². The Balaban J connectivity index is 2.73. The molecule has 1 aromatic carbocycles. The van der Waals surface area contributed by atoms with Crippen LogP contribution in [0.1, 0.15) is 29.3 Å². The van der Waals surface area contributed by atoms with Crippen LogP contribution in [-0.2, 0) is 0 Å². The summed E-state index contributed by atoms with van der Waals surface area (Å²) in [6.45, 7) is 3.78. The fourth-order valence-electron chi connectivity index (χ4n) is 1.54. The molecule has 1 amide bonds. The van der Waals surface area contributed by atoms with Crippen molar-refractivity contribution in [2.24, 2.45) is 5.73 Å². The number of benzene rings is 1. The zero-order chi connectivity index (χ0) is 13.0. The van der Waals surface area contributed by atoms with E-state index >= 15 is 0 Å². The van der Waals surface area contributed by atoms with Crippen molar-refractivity contribution in [3.63, 3.8) is 0 Å². The number of hydrogen-bond donors (Lipinski definition) is 2. The number of hydrogen-bond acceptors (Lipinski definition) is 2. The second-order valence-corrected chi connectivity index (χ2v) is 5.44. The number of thiocarbonyl (C=S) groups is 1. The molecule has 1 atom stereocenters. The van der Waals surface area contributed by atoms with Gasteiger partial charge in [0.15, 0.2) is 0 Å². The van der Waals surface area contributed by atoms with Gasteiger partial charge in [-0.25, -0.2) is 0 Å². The lowest BCUT2D eigenvalue weighted by molar-refractivity contribution is 0.0940. The first-order valence-corrected chi connectivity index (χ1v) is 6.45. The highest BCUT2D eigenvalue weighted by molar-refractivity contribution is 9.10. The van der Waals surface area contributed by atoms with Crippen molar-refractivity contribution in [2.75, 3.05) is 0 Å². The van der Waals surface area contributed by atoms with Gasteiger partial charge >= 0.3 is 0 Å². The fraction of sp³-hybridized carbons (Fsp3) is 0.333. The van der Waals surface area contributed by atoms with E-state index in [0.29, 0.717) is 17.0 Å². The molecule has 0 aromatic heterocycles. The highest BCUT2D eigenvalue weighted by Crippen LogP contribution is 2.15. The van der Waals surface area contributed by atoms with Crippen LogP contribution in [0.2, 0.25) is 0 Å². The predicted octanol–water partition coefficient (Wildman–Crippen LogP) is 2.55. The van der Waals surface area contributed by atoms with Crippen molar-refractivity contribution in [1.82, 2.24) is 5.32 Å². The molecule has 3 nitrogen and oxygen atoms in total. The van der Waals surface area contributed by atoms with Gasteiger partial charge in [-0.2, -0.15) is 0 Å². The fourth-order valence-corrected chi connectivity index (χ4v) is 2.26. The van der Waals surface area contributed by atoms with E-state index in [-0.39, 0.29) is 11.9 Å². The summed E-state index contributed by atoms with van der Waals surface area (Å²) in [5, 5.41) is 2.87. The van der Waals surface area contributed by atoms with Gasteiger partial charge in [-0.1, -0.05) is 28.1 Å². The smallest absolute Gasteiger partial charge is 0.251 e. The van der Waals surface area contributed by atoms with Gasteiger partial charge in [0.1, 0.15) is 0 Å². The number of halogens is 1. The molecule has 5 heteroatoms. The number of carbonyl (C=O) groups is 1. The van der Waals surface area contributed by atoms with Crippen LogP contribution in [0, 0.1) is 6.92 Å².